The molecule has 1 fully saturated rings. The first-order valence-corrected chi connectivity index (χ1v) is 4.25. The number of hydrogen-bond donors (Lipinski definition) is 0. The van der Waals surface area contributed by atoms with Crippen LogP contribution in [0.3, 0.4) is 0 Å². The lowest BCUT2D eigenvalue weighted by molar-refractivity contribution is 0.0138. The van der Waals surface area contributed by atoms with Crippen LogP contribution in [0, 0.1) is 0 Å². The summed E-state index contributed by atoms with van der Waals surface area (Å²) < 4.78 is 30.1. The maximum Gasteiger partial charge on any atom is 0.262 e. The molecule has 0 aromatic rings. The van der Waals surface area contributed by atoms with Crippen molar-refractivity contribution in [1.29, 1.82) is 0 Å². The molecule has 0 radical (unpaired) electrons. The van der Waals surface area contributed by atoms with Gasteiger partial charge in [-0.15, -0.1) is 0 Å². The van der Waals surface area contributed by atoms with Crippen molar-refractivity contribution in [2.24, 2.45) is 0 Å². The molecule has 1 rings (SSSR count). The molecule has 1 aliphatic rings. The molecule has 0 aromatic heterocycles. The summed E-state index contributed by atoms with van der Waals surface area (Å²) in [4.78, 5) is 1.64. The third-order valence-electron chi connectivity index (χ3n) is 1.89. The number of likely N-dealkylation sites (tertiary alicyclic amines) is 1. The Morgan fingerprint density at radius 2 is 2.36 bits per heavy atom. The Morgan fingerprint density at radius 3 is 2.73 bits per heavy atom. The van der Waals surface area contributed by atoms with Crippen LogP contribution >= 0.6 is 23.0 Å². The van der Waals surface area contributed by atoms with Crippen molar-refractivity contribution in [1.82, 2.24) is 4.90 Å². The minimum absolute atomic E-state index is 0.0769. The minimum Gasteiger partial charge on any atom is -0.314 e. The van der Waals surface area contributed by atoms with E-state index in [-0.39, 0.29) is 19.0 Å². The Balaban J connectivity index is 2.45. The van der Waals surface area contributed by atoms with E-state index in [1.807, 2.05) is 0 Å². The Kier molecular flexibility index (Phi) is 3.04. The van der Waals surface area contributed by atoms with Crippen LogP contribution in [-0.4, -0.2) is 37.1 Å². The summed E-state index contributed by atoms with van der Waals surface area (Å²) in [5.41, 5.74) is 0. The Hall–Kier alpha value is 0.510. The first-order chi connectivity index (χ1) is 5.05. The first kappa shape index (κ1) is 9.60. The van der Waals surface area contributed by atoms with E-state index in [1.165, 1.54) is 0 Å². The van der Waals surface area contributed by atoms with E-state index >= 15 is 0 Å². The molecule has 1 aliphatic heterocycles. The summed E-state index contributed by atoms with van der Waals surface area (Å²) in [6, 6.07) is -0.123. The zero-order chi connectivity index (χ0) is 8.48. The van der Waals surface area contributed by atoms with Gasteiger partial charge in [0.05, 0.1) is 13.2 Å². The van der Waals surface area contributed by atoms with E-state index in [9.17, 15) is 8.78 Å². The Bertz CT molecular complexity index is 145. The third kappa shape index (κ3) is 2.48. The van der Waals surface area contributed by atoms with Crippen LogP contribution in [-0.2, 0) is 3.07 Å². The molecule has 0 bridgehead atoms. The molecule has 1 heterocycles. The van der Waals surface area contributed by atoms with E-state index in [0.717, 1.165) is 0 Å². The average molecular weight is 277 g/mol. The molecular formula is C6H10F2INO. The van der Waals surface area contributed by atoms with Crippen molar-refractivity contribution < 1.29 is 11.8 Å². The summed E-state index contributed by atoms with van der Waals surface area (Å²) in [5, 5.41) is 0. The van der Waals surface area contributed by atoms with Gasteiger partial charge in [-0.3, -0.25) is 4.90 Å². The molecule has 1 atom stereocenters. The van der Waals surface area contributed by atoms with Gasteiger partial charge in [-0.05, 0) is 7.05 Å². The highest BCUT2D eigenvalue weighted by Gasteiger charge is 2.42. The number of alkyl halides is 2. The van der Waals surface area contributed by atoms with E-state index in [1.54, 1.807) is 35.0 Å². The van der Waals surface area contributed by atoms with Gasteiger partial charge in [0.2, 0.25) is 0 Å². The molecule has 0 amide bonds. The Labute approximate surface area is 78.6 Å². The molecule has 0 aromatic carbocycles. The molecule has 0 saturated carbocycles. The van der Waals surface area contributed by atoms with Gasteiger partial charge in [0.1, 0.15) is 23.0 Å². The number of likely N-dealkylation sites (N-methyl/N-ethyl adjacent to an activating group) is 1. The smallest absolute Gasteiger partial charge is 0.262 e. The minimum atomic E-state index is -2.52. The van der Waals surface area contributed by atoms with Gasteiger partial charge in [-0.1, -0.05) is 0 Å². The summed E-state index contributed by atoms with van der Waals surface area (Å²) in [6.07, 6.45) is -0.0769. The lowest BCUT2D eigenvalue weighted by Gasteiger charge is -2.15. The van der Waals surface area contributed by atoms with Crippen molar-refractivity contribution in [3.63, 3.8) is 0 Å². The van der Waals surface area contributed by atoms with E-state index < -0.39 is 5.92 Å². The molecule has 0 aliphatic carbocycles. The van der Waals surface area contributed by atoms with Crippen molar-refractivity contribution in [2.45, 2.75) is 18.4 Å². The highest BCUT2D eigenvalue weighted by atomic mass is 127. The van der Waals surface area contributed by atoms with Crippen LogP contribution in [0.25, 0.3) is 0 Å². The monoisotopic (exact) mass is 277 g/mol. The predicted octanol–water partition coefficient (Wildman–Crippen LogP) is 1.69. The van der Waals surface area contributed by atoms with Crippen LogP contribution in [0.4, 0.5) is 8.78 Å². The number of halogens is 3. The lowest BCUT2D eigenvalue weighted by Crippen LogP contribution is -2.28. The van der Waals surface area contributed by atoms with Gasteiger partial charge in [0, 0.05) is 12.5 Å². The van der Waals surface area contributed by atoms with Crippen molar-refractivity contribution >= 4 is 23.0 Å². The summed E-state index contributed by atoms with van der Waals surface area (Å²) in [7, 11) is 1.70. The topological polar surface area (TPSA) is 12.5 Å². The molecule has 2 nitrogen and oxygen atoms in total. The van der Waals surface area contributed by atoms with Crippen molar-refractivity contribution in [3.05, 3.63) is 0 Å². The normalized spacial score (nSPS) is 31.1. The van der Waals surface area contributed by atoms with Gasteiger partial charge in [0.15, 0.2) is 0 Å². The van der Waals surface area contributed by atoms with Gasteiger partial charge in [0.25, 0.3) is 5.92 Å². The van der Waals surface area contributed by atoms with Crippen molar-refractivity contribution in [3.8, 4) is 0 Å². The molecule has 11 heavy (non-hydrogen) atoms. The zero-order valence-electron chi connectivity index (χ0n) is 6.19. The number of hydrogen-bond acceptors (Lipinski definition) is 2. The maximum atomic E-state index is 12.7. The van der Waals surface area contributed by atoms with E-state index in [0.29, 0.717) is 6.61 Å². The van der Waals surface area contributed by atoms with Crippen LogP contribution in [0.15, 0.2) is 0 Å². The molecular weight excluding hydrogens is 267 g/mol. The second-order valence-corrected chi connectivity index (χ2v) is 3.53. The molecule has 0 N–H and O–H groups in total. The first-order valence-electron chi connectivity index (χ1n) is 3.37. The molecule has 5 heteroatoms. The fourth-order valence-corrected chi connectivity index (χ4v) is 1.73. The molecule has 0 spiro atoms. The van der Waals surface area contributed by atoms with Gasteiger partial charge in [-0.25, -0.2) is 8.78 Å². The van der Waals surface area contributed by atoms with Crippen LogP contribution in [0.5, 0.6) is 0 Å². The largest absolute Gasteiger partial charge is 0.314 e. The summed E-state index contributed by atoms with van der Waals surface area (Å²) in [6.45, 7) is 0.240. The van der Waals surface area contributed by atoms with Gasteiger partial charge < -0.3 is 3.07 Å². The quantitative estimate of drug-likeness (QED) is 0.712. The SMILES string of the molecule is CN1CC(F)(F)CC1COI. The highest BCUT2D eigenvalue weighted by Crippen LogP contribution is 2.30. The second-order valence-electron chi connectivity index (χ2n) is 2.90. The van der Waals surface area contributed by atoms with E-state index in [2.05, 4.69) is 0 Å². The fraction of sp³-hybridized carbons (Fsp3) is 1.00. The molecule has 1 saturated heterocycles. The van der Waals surface area contributed by atoms with Crippen molar-refractivity contribution in [2.75, 3.05) is 20.2 Å². The predicted molar refractivity (Wildman–Crippen MR) is 46.0 cm³/mol. The van der Waals surface area contributed by atoms with Crippen LogP contribution in [0.2, 0.25) is 0 Å². The second kappa shape index (κ2) is 3.49. The number of rotatable bonds is 2. The van der Waals surface area contributed by atoms with Gasteiger partial charge in [-0.2, -0.15) is 0 Å². The highest BCUT2D eigenvalue weighted by molar-refractivity contribution is 14.1. The zero-order valence-corrected chi connectivity index (χ0v) is 8.35. The van der Waals surface area contributed by atoms with E-state index in [4.69, 9.17) is 3.07 Å². The Morgan fingerprint density at radius 1 is 1.73 bits per heavy atom. The fourth-order valence-electron chi connectivity index (χ4n) is 1.32. The van der Waals surface area contributed by atoms with Crippen LogP contribution < -0.4 is 0 Å². The maximum absolute atomic E-state index is 12.7. The molecule has 66 valence electrons. The third-order valence-corrected chi connectivity index (χ3v) is 2.25. The van der Waals surface area contributed by atoms with Crippen LogP contribution in [0.1, 0.15) is 6.42 Å². The summed E-state index contributed by atoms with van der Waals surface area (Å²) >= 11 is 1.73. The number of nitrogens with zero attached hydrogens (tertiary/aromatic N) is 1. The summed E-state index contributed by atoms with van der Waals surface area (Å²) in [5.74, 6) is -2.52. The lowest BCUT2D eigenvalue weighted by atomic mass is 10.2. The van der Waals surface area contributed by atoms with Gasteiger partial charge >= 0.3 is 0 Å². The average Bonchev–Trinajstić information content (AvgIpc) is 2.07. The standard InChI is InChI=1S/C6H10F2INO/c1-10-4-6(7,8)2-5(10)3-11-9/h5H,2-4H2,1H3. The molecule has 1 unspecified atom stereocenters.